The molecule has 0 bridgehead atoms. The molecule has 6 nitrogen and oxygen atoms in total. The van der Waals surface area contributed by atoms with Gasteiger partial charge in [0.15, 0.2) is 0 Å². The van der Waals surface area contributed by atoms with Crippen molar-refractivity contribution >= 4 is 16.9 Å². The average Bonchev–Trinajstić information content (AvgIpc) is 2.81. The monoisotopic (exact) mass is 329 g/mol. The molecule has 0 saturated carbocycles. The third-order valence-electron chi connectivity index (χ3n) is 4.91. The van der Waals surface area contributed by atoms with E-state index in [-0.39, 0.29) is 5.91 Å². The molecule has 1 fully saturated rings. The number of carbonyl (C=O) groups excluding carboxylic acids is 1. The van der Waals surface area contributed by atoms with Crippen molar-refractivity contribution in [1.29, 1.82) is 0 Å². The van der Waals surface area contributed by atoms with Crippen LogP contribution in [0.5, 0.6) is 0 Å². The first-order valence-electron chi connectivity index (χ1n) is 9.00. The topological polar surface area (TPSA) is 54.3 Å². The van der Waals surface area contributed by atoms with E-state index in [0.29, 0.717) is 5.56 Å². The molecule has 24 heavy (non-hydrogen) atoms. The van der Waals surface area contributed by atoms with Crippen LogP contribution in [0.25, 0.3) is 11.0 Å². The second kappa shape index (κ2) is 7.75. The summed E-state index contributed by atoms with van der Waals surface area (Å²) in [6.07, 6.45) is 5.24. The molecule has 0 aliphatic carbocycles. The van der Waals surface area contributed by atoms with Crippen LogP contribution in [0.2, 0.25) is 0 Å². The molecular weight excluding hydrogens is 302 g/mol. The summed E-state index contributed by atoms with van der Waals surface area (Å²) in [6, 6.07) is 5.65. The number of hydrogen-bond donors (Lipinski definition) is 0. The Bertz CT molecular complexity index is 688. The maximum absolute atomic E-state index is 12.8. The number of amides is 1. The minimum absolute atomic E-state index is 0.0832. The highest BCUT2D eigenvalue weighted by atomic mass is 16.2. The Labute approximate surface area is 143 Å². The fraction of sp³-hybridized carbons (Fsp3) is 0.611. The van der Waals surface area contributed by atoms with Gasteiger partial charge in [0.25, 0.3) is 5.91 Å². The minimum atomic E-state index is 0.0832. The average molecular weight is 329 g/mol. The molecule has 130 valence electrons. The predicted octanol–water partition coefficient (Wildman–Crippen LogP) is 2.31. The number of benzene rings is 1. The zero-order valence-corrected chi connectivity index (χ0v) is 14.7. The van der Waals surface area contributed by atoms with Crippen LogP contribution in [0.4, 0.5) is 0 Å². The van der Waals surface area contributed by atoms with E-state index in [0.717, 1.165) is 43.8 Å². The summed E-state index contributed by atoms with van der Waals surface area (Å²) in [6.45, 7) is 6.85. The SMILES string of the molecule is CCN(CCN1CCCCCC1)C(=O)c1ccc2c(c1)nnn2C. The molecule has 1 aromatic heterocycles. The first kappa shape index (κ1) is 16.9. The molecule has 1 saturated heterocycles. The summed E-state index contributed by atoms with van der Waals surface area (Å²) in [5.74, 6) is 0.0832. The highest BCUT2D eigenvalue weighted by molar-refractivity contribution is 5.97. The van der Waals surface area contributed by atoms with E-state index < -0.39 is 0 Å². The van der Waals surface area contributed by atoms with Gasteiger partial charge in [-0.25, -0.2) is 4.68 Å². The molecule has 6 heteroatoms. The first-order valence-corrected chi connectivity index (χ1v) is 9.00. The number of aromatic nitrogens is 3. The van der Waals surface area contributed by atoms with Crippen LogP contribution in [-0.2, 0) is 7.05 Å². The molecular formula is C18H27N5O. The standard InChI is InChI=1S/C18H27N5O/c1-3-23(13-12-22-10-6-4-5-7-11-22)18(24)15-8-9-17-16(14-15)19-20-21(17)2/h8-9,14H,3-7,10-13H2,1-2H3. The molecule has 2 aromatic rings. The van der Waals surface area contributed by atoms with Crippen LogP contribution < -0.4 is 0 Å². The van der Waals surface area contributed by atoms with Gasteiger partial charge < -0.3 is 9.80 Å². The number of rotatable bonds is 5. The van der Waals surface area contributed by atoms with Gasteiger partial charge in [-0.2, -0.15) is 0 Å². The zero-order chi connectivity index (χ0) is 16.9. The first-order chi connectivity index (χ1) is 11.7. The fourth-order valence-electron chi connectivity index (χ4n) is 3.38. The van der Waals surface area contributed by atoms with Gasteiger partial charge in [0, 0.05) is 32.2 Å². The van der Waals surface area contributed by atoms with Crippen LogP contribution in [0, 0.1) is 0 Å². The van der Waals surface area contributed by atoms with E-state index in [2.05, 4.69) is 15.2 Å². The van der Waals surface area contributed by atoms with Gasteiger partial charge in [0.05, 0.1) is 5.52 Å². The van der Waals surface area contributed by atoms with E-state index in [9.17, 15) is 4.79 Å². The number of carbonyl (C=O) groups is 1. The second-order valence-corrected chi connectivity index (χ2v) is 6.56. The van der Waals surface area contributed by atoms with E-state index in [1.54, 1.807) is 4.68 Å². The van der Waals surface area contributed by atoms with Gasteiger partial charge in [-0.15, -0.1) is 5.10 Å². The zero-order valence-electron chi connectivity index (χ0n) is 14.7. The summed E-state index contributed by atoms with van der Waals surface area (Å²) >= 11 is 0. The highest BCUT2D eigenvalue weighted by Gasteiger charge is 2.17. The quantitative estimate of drug-likeness (QED) is 0.845. The van der Waals surface area contributed by atoms with Crippen LogP contribution in [-0.4, -0.2) is 63.4 Å². The number of nitrogens with zero attached hydrogens (tertiary/aromatic N) is 5. The smallest absolute Gasteiger partial charge is 0.253 e. The predicted molar refractivity (Wildman–Crippen MR) is 95.0 cm³/mol. The summed E-state index contributed by atoms with van der Waals surface area (Å²) in [7, 11) is 1.86. The van der Waals surface area contributed by atoms with Crippen molar-refractivity contribution in [3.8, 4) is 0 Å². The third kappa shape index (κ3) is 3.75. The lowest BCUT2D eigenvalue weighted by molar-refractivity contribution is 0.0745. The summed E-state index contributed by atoms with van der Waals surface area (Å²) in [5, 5.41) is 8.11. The summed E-state index contributed by atoms with van der Waals surface area (Å²) < 4.78 is 1.72. The Kier molecular flexibility index (Phi) is 5.45. The lowest BCUT2D eigenvalue weighted by atomic mass is 10.1. The molecule has 0 spiro atoms. The van der Waals surface area contributed by atoms with Crippen molar-refractivity contribution in [2.45, 2.75) is 32.6 Å². The molecule has 0 N–H and O–H groups in total. The number of fused-ring (bicyclic) bond motifs is 1. The lowest BCUT2D eigenvalue weighted by Crippen LogP contribution is -2.39. The maximum Gasteiger partial charge on any atom is 0.253 e. The van der Waals surface area contributed by atoms with E-state index in [4.69, 9.17) is 0 Å². The minimum Gasteiger partial charge on any atom is -0.338 e. The highest BCUT2D eigenvalue weighted by Crippen LogP contribution is 2.15. The number of likely N-dealkylation sites (N-methyl/N-ethyl adjacent to an activating group) is 1. The Morgan fingerprint density at radius 3 is 2.67 bits per heavy atom. The van der Waals surface area contributed by atoms with Gasteiger partial charge >= 0.3 is 0 Å². The second-order valence-electron chi connectivity index (χ2n) is 6.56. The van der Waals surface area contributed by atoms with E-state index in [1.165, 1.54) is 25.7 Å². The largest absolute Gasteiger partial charge is 0.338 e. The lowest BCUT2D eigenvalue weighted by Gasteiger charge is -2.26. The fourth-order valence-corrected chi connectivity index (χ4v) is 3.38. The Morgan fingerprint density at radius 2 is 1.96 bits per heavy atom. The van der Waals surface area contributed by atoms with Crippen LogP contribution in [0.3, 0.4) is 0 Å². The van der Waals surface area contributed by atoms with Crippen molar-refractivity contribution < 1.29 is 4.79 Å². The van der Waals surface area contributed by atoms with E-state index >= 15 is 0 Å². The van der Waals surface area contributed by atoms with Gasteiger partial charge in [-0.1, -0.05) is 18.1 Å². The van der Waals surface area contributed by atoms with Crippen molar-refractivity contribution in [2.24, 2.45) is 7.05 Å². The molecule has 0 radical (unpaired) electrons. The van der Waals surface area contributed by atoms with Crippen LogP contribution in [0.1, 0.15) is 43.0 Å². The Morgan fingerprint density at radius 1 is 1.21 bits per heavy atom. The molecule has 0 atom stereocenters. The number of likely N-dealkylation sites (tertiary alicyclic amines) is 1. The van der Waals surface area contributed by atoms with Crippen LogP contribution >= 0.6 is 0 Å². The van der Waals surface area contributed by atoms with Crippen molar-refractivity contribution in [3.05, 3.63) is 23.8 Å². The van der Waals surface area contributed by atoms with Crippen molar-refractivity contribution in [2.75, 3.05) is 32.7 Å². The molecule has 3 rings (SSSR count). The normalized spacial score (nSPS) is 16.2. The van der Waals surface area contributed by atoms with E-state index in [1.807, 2.05) is 37.1 Å². The summed E-state index contributed by atoms with van der Waals surface area (Å²) in [4.78, 5) is 17.2. The van der Waals surface area contributed by atoms with Gasteiger partial charge in [-0.05, 0) is 51.1 Å². The molecule has 2 heterocycles. The number of aryl methyl sites for hydroxylation is 1. The van der Waals surface area contributed by atoms with Crippen molar-refractivity contribution in [3.63, 3.8) is 0 Å². The molecule has 0 unspecified atom stereocenters. The summed E-state index contributed by atoms with van der Waals surface area (Å²) in [5.41, 5.74) is 2.41. The number of hydrogen-bond acceptors (Lipinski definition) is 4. The molecule has 1 aliphatic rings. The van der Waals surface area contributed by atoms with Gasteiger partial charge in [0.1, 0.15) is 5.52 Å². The molecule has 1 aromatic carbocycles. The third-order valence-corrected chi connectivity index (χ3v) is 4.91. The Hall–Kier alpha value is -1.95. The molecule has 1 aliphatic heterocycles. The van der Waals surface area contributed by atoms with Crippen molar-refractivity contribution in [1.82, 2.24) is 24.8 Å². The maximum atomic E-state index is 12.8. The van der Waals surface area contributed by atoms with Gasteiger partial charge in [0.2, 0.25) is 0 Å². The van der Waals surface area contributed by atoms with Gasteiger partial charge in [-0.3, -0.25) is 4.79 Å². The van der Waals surface area contributed by atoms with Crippen LogP contribution in [0.15, 0.2) is 18.2 Å². The molecule has 1 amide bonds. The Balaban J connectivity index is 1.65.